The molecule has 108 valence electrons. The third kappa shape index (κ3) is 2.43. The van der Waals surface area contributed by atoms with Crippen LogP contribution < -0.4 is 0 Å². The van der Waals surface area contributed by atoms with Gasteiger partial charge in [0.15, 0.2) is 0 Å². The number of benzene rings is 1. The Labute approximate surface area is 127 Å². The van der Waals surface area contributed by atoms with Gasteiger partial charge in [-0.05, 0) is 30.3 Å². The lowest BCUT2D eigenvalue weighted by Gasteiger charge is -2.16. The van der Waals surface area contributed by atoms with Crippen LogP contribution >= 0.6 is 11.6 Å². The Morgan fingerprint density at radius 1 is 1.33 bits per heavy atom. The molecule has 0 aliphatic carbocycles. The third-order valence-corrected chi connectivity index (χ3v) is 3.90. The lowest BCUT2D eigenvalue weighted by molar-refractivity contribution is 0.0766. The third-order valence-electron chi connectivity index (χ3n) is 3.57. The van der Waals surface area contributed by atoms with E-state index in [1.54, 1.807) is 18.2 Å². The van der Waals surface area contributed by atoms with Gasteiger partial charge in [-0.15, -0.1) is 0 Å². The van der Waals surface area contributed by atoms with Crippen LogP contribution in [0.15, 0.2) is 47.1 Å². The molecular formula is C16H15ClN2O2. The Morgan fingerprint density at radius 3 is 2.81 bits per heavy atom. The van der Waals surface area contributed by atoms with Crippen LogP contribution in [0.4, 0.5) is 0 Å². The van der Waals surface area contributed by atoms with Gasteiger partial charge in [-0.1, -0.05) is 17.7 Å². The van der Waals surface area contributed by atoms with Crippen molar-refractivity contribution in [2.45, 2.75) is 6.54 Å². The van der Waals surface area contributed by atoms with Crippen LogP contribution in [-0.4, -0.2) is 22.4 Å². The van der Waals surface area contributed by atoms with Crippen LogP contribution in [0.5, 0.6) is 0 Å². The van der Waals surface area contributed by atoms with Crippen molar-refractivity contribution >= 4 is 28.4 Å². The summed E-state index contributed by atoms with van der Waals surface area (Å²) >= 11 is 6.19. The number of carbonyl (C=O) groups is 1. The standard InChI is InChI=1S/C16H15ClN2O2/c1-18(10-11-5-4-8-21-11)16(20)15-9-12-13(17)6-3-7-14(12)19(15)2/h3-9H,10H2,1-2H3. The highest BCUT2D eigenvalue weighted by Crippen LogP contribution is 2.26. The molecule has 0 aliphatic heterocycles. The molecule has 2 aromatic heterocycles. The number of aryl methyl sites for hydroxylation is 1. The Bertz CT molecular complexity index is 790. The van der Waals surface area contributed by atoms with Gasteiger partial charge in [-0.3, -0.25) is 4.79 Å². The van der Waals surface area contributed by atoms with E-state index in [9.17, 15) is 4.79 Å². The number of rotatable bonds is 3. The van der Waals surface area contributed by atoms with E-state index in [-0.39, 0.29) is 5.91 Å². The van der Waals surface area contributed by atoms with Gasteiger partial charge in [-0.25, -0.2) is 0 Å². The summed E-state index contributed by atoms with van der Waals surface area (Å²) in [6.07, 6.45) is 1.60. The predicted molar refractivity (Wildman–Crippen MR) is 82.4 cm³/mol. The molecule has 0 spiro atoms. The smallest absolute Gasteiger partial charge is 0.270 e. The van der Waals surface area contributed by atoms with Crippen molar-refractivity contribution in [2.75, 3.05) is 7.05 Å². The van der Waals surface area contributed by atoms with E-state index < -0.39 is 0 Å². The summed E-state index contributed by atoms with van der Waals surface area (Å²) in [5.41, 5.74) is 1.55. The first kappa shape index (κ1) is 13.8. The van der Waals surface area contributed by atoms with Crippen LogP contribution in [0.25, 0.3) is 10.9 Å². The number of furan rings is 1. The van der Waals surface area contributed by atoms with Gasteiger partial charge in [0, 0.05) is 30.0 Å². The zero-order valence-electron chi connectivity index (χ0n) is 11.8. The molecule has 0 unspecified atom stereocenters. The molecule has 2 heterocycles. The molecule has 0 saturated heterocycles. The number of fused-ring (bicyclic) bond motifs is 1. The van der Waals surface area contributed by atoms with Crippen LogP contribution in [0.2, 0.25) is 5.02 Å². The van der Waals surface area contributed by atoms with Crippen LogP contribution in [0, 0.1) is 0 Å². The second-order valence-corrected chi connectivity index (χ2v) is 5.41. The zero-order chi connectivity index (χ0) is 15.0. The van der Waals surface area contributed by atoms with E-state index >= 15 is 0 Å². The molecule has 4 nitrogen and oxygen atoms in total. The van der Waals surface area contributed by atoms with E-state index in [1.165, 1.54) is 0 Å². The lowest BCUT2D eigenvalue weighted by Crippen LogP contribution is -2.27. The molecule has 1 aromatic carbocycles. The van der Waals surface area contributed by atoms with Crippen molar-refractivity contribution in [3.63, 3.8) is 0 Å². The molecule has 0 N–H and O–H groups in total. The maximum Gasteiger partial charge on any atom is 0.270 e. The van der Waals surface area contributed by atoms with Crippen molar-refractivity contribution in [1.82, 2.24) is 9.47 Å². The minimum atomic E-state index is -0.0684. The van der Waals surface area contributed by atoms with Gasteiger partial charge in [-0.2, -0.15) is 0 Å². The molecule has 0 aliphatic rings. The van der Waals surface area contributed by atoms with Gasteiger partial charge in [0.25, 0.3) is 5.91 Å². The van der Waals surface area contributed by atoms with E-state index in [4.69, 9.17) is 16.0 Å². The topological polar surface area (TPSA) is 38.4 Å². The summed E-state index contributed by atoms with van der Waals surface area (Å²) in [5.74, 6) is 0.684. The molecule has 0 radical (unpaired) electrons. The first-order valence-electron chi connectivity index (χ1n) is 6.59. The number of hydrogen-bond donors (Lipinski definition) is 0. The van der Waals surface area contributed by atoms with Crippen molar-refractivity contribution in [2.24, 2.45) is 7.05 Å². The predicted octanol–water partition coefficient (Wildman–Crippen LogP) is 3.70. The minimum absolute atomic E-state index is 0.0684. The average molecular weight is 303 g/mol. The fourth-order valence-electron chi connectivity index (χ4n) is 2.43. The maximum absolute atomic E-state index is 12.6. The number of nitrogens with zero attached hydrogens (tertiary/aromatic N) is 2. The highest BCUT2D eigenvalue weighted by atomic mass is 35.5. The van der Waals surface area contributed by atoms with E-state index in [1.807, 2.05) is 48.0 Å². The average Bonchev–Trinajstić information content (AvgIpc) is 3.08. The molecular weight excluding hydrogens is 288 g/mol. The molecule has 1 amide bonds. The molecule has 0 atom stereocenters. The number of carbonyl (C=O) groups excluding carboxylic acids is 1. The SMILES string of the molecule is CN(Cc1ccco1)C(=O)c1cc2c(Cl)cccc2n1C. The Balaban J connectivity index is 1.94. The molecule has 0 bridgehead atoms. The highest BCUT2D eigenvalue weighted by Gasteiger charge is 2.19. The van der Waals surface area contributed by atoms with E-state index in [0.29, 0.717) is 17.3 Å². The van der Waals surface area contributed by atoms with Gasteiger partial charge in [0.05, 0.1) is 12.8 Å². The molecule has 5 heteroatoms. The Kier molecular flexibility index (Phi) is 3.47. The minimum Gasteiger partial charge on any atom is -0.467 e. The molecule has 3 rings (SSSR count). The summed E-state index contributed by atoms with van der Waals surface area (Å²) < 4.78 is 7.14. The number of hydrogen-bond acceptors (Lipinski definition) is 2. The fourth-order valence-corrected chi connectivity index (χ4v) is 2.66. The van der Waals surface area contributed by atoms with Crippen molar-refractivity contribution in [3.05, 3.63) is 59.1 Å². The Hall–Kier alpha value is -2.20. The second kappa shape index (κ2) is 5.30. The molecule has 0 saturated carbocycles. The maximum atomic E-state index is 12.6. The quantitative estimate of drug-likeness (QED) is 0.740. The normalized spacial score (nSPS) is 11.0. The lowest BCUT2D eigenvalue weighted by atomic mass is 10.2. The zero-order valence-corrected chi connectivity index (χ0v) is 12.6. The van der Waals surface area contributed by atoms with E-state index in [2.05, 4.69) is 0 Å². The second-order valence-electron chi connectivity index (χ2n) is 5.00. The number of halogens is 1. The number of aromatic nitrogens is 1. The fraction of sp³-hybridized carbons (Fsp3) is 0.188. The van der Waals surface area contributed by atoms with Gasteiger partial charge in [0.2, 0.25) is 0 Å². The van der Waals surface area contributed by atoms with Crippen LogP contribution in [0.3, 0.4) is 0 Å². The van der Waals surface area contributed by atoms with E-state index in [0.717, 1.165) is 16.7 Å². The number of amides is 1. The van der Waals surface area contributed by atoms with Crippen molar-refractivity contribution in [1.29, 1.82) is 0 Å². The van der Waals surface area contributed by atoms with Gasteiger partial charge >= 0.3 is 0 Å². The van der Waals surface area contributed by atoms with Crippen molar-refractivity contribution in [3.8, 4) is 0 Å². The molecule has 3 aromatic rings. The molecule has 0 fully saturated rings. The summed E-state index contributed by atoms with van der Waals surface area (Å²) in [6, 6.07) is 11.1. The van der Waals surface area contributed by atoms with Gasteiger partial charge < -0.3 is 13.9 Å². The van der Waals surface area contributed by atoms with Crippen LogP contribution in [-0.2, 0) is 13.6 Å². The first-order valence-corrected chi connectivity index (χ1v) is 6.97. The highest BCUT2D eigenvalue weighted by molar-refractivity contribution is 6.35. The van der Waals surface area contributed by atoms with Crippen molar-refractivity contribution < 1.29 is 9.21 Å². The largest absolute Gasteiger partial charge is 0.467 e. The van der Waals surface area contributed by atoms with Crippen LogP contribution in [0.1, 0.15) is 16.2 Å². The van der Waals surface area contributed by atoms with Gasteiger partial charge in [0.1, 0.15) is 11.5 Å². The summed E-state index contributed by atoms with van der Waals surface area (Å²) in [4.78, 5) is 14.2. The summed E-state index contributed by atoms with van der Waals surface area (Å²) in [6.45, 7) is 0.432. The monoisotopic (exact) mass is 302 g/mol. The first-order chi connectivity index (χ1) is 10.1. The Morgan fingerprint density at radius 2 is 2.14 bits per heavy atom. The summed E-state index contributed by atoms with van der Waals surface area (Å²) in [7, 11) is 3.62. The summed E-state index contributed by atoms with van der Waals surface area (Å²) in [5, 5.41) is 1.53. The molecule has 21 heavy (non-hydrogen) atoms.